The summed E-state index contributed by atoms with van der Waals surface area (Å²) in [6.07, 6.45) is 5.07. The third-order valence-electron chi connectivity index (χ3n) is 9.70. The molecule has 3 amide bonds. The Morgan fingerprint density at radius 1 is 1.15 bits per heavy atom. The van der Waals surface area contributed by atoms with Crippen molar-refractivity contribution in [2.75, 3.05) is 49.1 Å². The van der Waals surface area contributed by atoms with E-state index in [2.05, 4.69) is 53.2 Å². The molecule has 1 unspecified atom stereocenters. The van der Waals surface area contributed by atoms with Crippen LogP contribution in [0.1, 0.15) is 59.3 Å². The topological polar surface area (TPSA) is 129 Å². The largest absolute Gasteiger partial charge is 0.460 e. The predicted molar refractivity (Wildman–Crippen MR) is 189 cm³/mol. The maximum Gasteiger partial charge on any atom is 0.312 e. The van der Waals surface area contributed by atoms with Crippen LogP contribution in [0.15, 0.2) is 49.6 Å². The third-order valence-corrected chi connectivity index (χ3v) is 10.5. The van der Waals surface area contributed by atoms with Crippen LogP contribution in [0.25, 0.3) is 0 Å². The minimum absolute atomic E-state index is 0.0380. The van der Waals surface area contributed by atoms with Gasteiger partial charge in [-0.25, -0.2) is 0 Å². The lowest BCUT2D eigenvalue weighted by molar-refractivity contribution is -0.159. The molecule has 0 radical (unpaired) electrons. The maximum absolute atomic E-state index is 14.8. The number of aliphatic hydroxyl groups excluding tert-OH is 1. The molecule has 1 spiro atoms. The van der Waals surface area contributed by atoms with Gasteiger partial charge in [0.05, 0.1) is 24.5 Å². The Bertz CT molecular complexity index is 1320. The van der Waals surface area contributed by atoms with Gasteiger partial charge in [-0.2, -0.15) is 0 Å². The minimum Gasteiger partial charge on any atom is -0.460 e. The maximum atomic E-state index is 14.8. The molecule has 11 nitrogen and oxygen atoms in total. The first-order valence-corrected chi connectivity index (χ1v) is 18.1. The van der Waals surface area contributed by atoms with E-state index < -0.39 is 41.7 Å². The van der Waals surface area contributed by atoms with Gasteiger partial charge < -0.3 is 34.6 Å². The number of hydrogen-bond donors (Lipinski definition) is 2. The molecule has 0 saturated carbocycles. The summed E-state index contributed by atoms with van der Waals surface area (Å²) in [5.74, 6) is -3.18. The average molecular weight is 732 g/mol. The molecule has 0 aromatic heterocycles. The van der Waals surface area contributed by atoms with Gasteiger partial charge in [-0.1, -0.05) is 28.1 Å². The summed E-state index contributed by atoms with van der Waals surface area (Å²) in [7, 11) is 0. The fourth-order valence-corrected chi connectivity index (χ4v) is 8.36. The van der Waals surface area contributed by atoms with Crippen LogP contribution in [0.4, 0.5) is 11.4 Å². The molecule has 2 bridgehead atoms. The average Bonchev–Trinajstić information content (AvgIpc) is 3.67. The summed E-state index contributed by atoms with van der Waals surface area (Å²) in [5, 5.41) is 12.1. The number of amides is 3. The van der Waals surface area contributed by atoms with Crippen LogP contribution < -0.4 is 15.1 Å². The van der Waals surface area contributed by atoms with Gasteiger partial charge in [-0.3, -0.25) is 19.2 Å². The number of esters is 1. The second-order valence-corrected chi connectivity index (χ2v) is 14.0. The predicted octanol–water partition coefficient (Wildman–Crippen LogP) is 3.98. The van der Waals surface area contributed by atoms with E-state index in [1.807, 2.05) is 24.3 Å². The smallest absolute Gasteiger partial charge is 0.312 e. The number of fused-ring (bicyclic) bond motifs is 1. The molecule has 0 aliphatic carbocycles. The van der Waals surface area contributed by atoms with E-state index in [1.165, 1.54) is 0 Å². The highest BCUT2D eigenvalue weighted by molar-refractivity contribution is 9.09. The molecule has 264 valence electrons. The van der Waals surface area contributed by atoms with Crippen molar-refractivity contribution in [1.29, 1.82) is 0 Å². The molecule has 1 aromatic rings. The lowest BCUT2D eigenvalue weighted by Gasteiger charge is -2.37. The number of hydrogen-bond acceptors (Lipinski definition) is 8. The molecule has 3 aliphatic heterocycles. The standard InChI is InChI=1S/C36H51BrN4O7/c1-6-10-14-28(43)38-23-24(5)47-35(46)29-30-33(44)41(20-12-11-13-21-42)32(36(30)22-27(37)31(29)48-36)34(45)40(19-7-2)26-17-15-25(16-18-26)39(8-3)9-4/h6-7,15-18,24,27,29-32,42H,1-2,8-14,19-23H2,3-5H3,(H,38,43)/t24-,27?,29-,30+,31-,32-,36+/m0/s1. The summed E-state index contributed by atoms with van der Waals surface area (Å²) >= 11 is 3.71. The molecular formula is C36H51BrN4O7. The SMILES string of the molecule is C=CCCC(=O)NC[C@H](C)OC(=O)[C@@H]1[C@H]2O[C@@]3(CC2Br)[C@H](C(=O)N(CC=C)c2ccc(N(CC)CC)cc2)N(CCCCCO)C(=O)[C@@H]13. The summed E-state index contributed by atoms with van der Waals surface area (Å²) in [6.45, 7) is 15.8. The summed E-state index contributed by atoms with van der Waals surface area (Å²) in [5.41, 5.74) is 0.476. The lowest BCUT2D eigenvalue weighted by atomic mass is 9.70. The number of rotatable bonds is 19. The molecule has 4 rings (SSSR count). The number of nitrogens with zero attached hydrogens (tertiary/aromatic N) is 3. The fourth-order valence-electron chi connectivity index (χ4n) is 7.42. The van der Waals surface area contributed by atoms with Crippen LogP contribution in [0, 0.1) is 11.8 Å². The van der Waals surface area contributed by atoms with Crippen LogP contribution in [-0.2, 0) is 28.7 Å². The van der Waals surface area contributed by atoms with Crippen molar-refractivity contribution in [3.8, 4) is 0 Å². The van der Waals surface area contributed by atoms with Crippen LogP contribution in [0.2, 0.25) is 0 Å². The van der Waals surface area contributed by atoms with E-state index in [9.17, 15) is 24.3 Å². The second kappa shape index (κ2) is 16.9. The molecule has 3 aliphatic rings. The van der Waals surface area contributed by atoms with Crippen molar-refractivity contribution in [1.82, 2.24) is 10.2 Å². The Hall–Kier alpha value is -3.22. The molecular weight excluding hydrogens is 680 g/mol. The highest BCUT2D eigenvalue weighted by atomic mass is 79.9. The monoisotopic (exact) mass is 730 g/mol. The Morgan fingerprint density at radius 3 is 2.46 bits per heavy atom. The molecule has 2 N–H and O–H groups in total. The zero-order valence-electron chi connectivity index (χ0n) is 28.4. The third kappa shape index (κ3) is 7.65. The molecule has 1 aromatic carbocycles. The van der Waals surface area contributed by atoms with Crippen molar-refractivity contribution < 1.29 is 33.8 Å². The molecule has 3 saturated heterocycles. The van der Waals surface area contributed by atoms with Gasteiger partial charge in [-0.15, -0.1) is 13.2 Å². The fraction of sp³-hybridized carbons (Fsp3) is 0.611. The van der Waals surface area contributed by atoms with Gasteiger partial charge >= 0.3 is 5.97 Å². The van der Waals surface area contributed by atoms with Gasteiger partial charge in [0.1, 0.15) is 17.7 Å². The van der Waals surface area contributed by atoms with Crippen LogP contribution in [0.3, 0.4) is 0 Å². The Labute approximate surface area is 292 Å². The number of benzene rings is 1. The van der Waals surface area contributed by atoms with E-state index in [1.54, 1.807) is 28.9 Å². The Morgan fingerprint density at radius 2 is 1.83 bits per heavy atom. The number of unbranched alkanes of at least 4 members (excludes halogenated alkanes) is 2. The number of likely N-dealkylation sites (tertiary alicyclic amines) is 1. The van der Waals surface area contributed by atoms with Crippen molar-refractivity contribution >= 4 is 51.0 Å². The first-order chi connectivity index (χ1) is 23.1. The number of aliphatic hydroxyl groups is 1. The molecule has 3 fully saturated rings. The van der Waals surface area contributed by atoms with Crippen LogP contribution in [-0.4, -0.2) is 102 Å². The van der Waals surface area contributed by atoms with Crippen molar-refractivity contribution in [2.45, 2.75) is 88.0 Å². The number of alkyl halides is 1. The molecule has 12 heteroatoms. The highest BCUT2D eigenvalue weighted by Crippen LogP contribution is 2.60. The minimum atomic E-state index is -1.24. The summed E-state index contributed by atoms with van der Waals surface area (Å²) in [6, 6.07) is 6.81. The zero-order chi connectivity index (χ0) is 35.0. The number of carbonyl (C=O) groups is 4. The summed E-state index contributed by atoms with van der Waals surface area (Å²) in [4.78, 5) is 60.3. The van der Waals surface area contributed by atoms with Crippen molar-refractivity contribution in [2.24, 2.45) is 11.8 Å². The number of anilines is 2. The number of nitrogens with one attached hydrogen (secondary N) is 1. The Kier molecular flexibility index (Phi) is 13.3. The highest BCUT2D eigenvalue weighted by Gasteiger charge is 2.77. The van der Waals surface area contributed by atoms with E-state index in [-0.39, 0.29) is 48.8 Å². The van der Waals surface area contributed by atoms with E-state index in [0.717, 1.165) is 18.8 Å². The normalized spacial score (nSPS) is 26.1. The van der Waals surface area contributed by atoms with Crippen LogP contribution >= 0.6 is 15.9 Å². The molecule has 3 heterocycles. The quantitative estimate of drug-likeness (QED) is 0.0948. The van der Waals surface area contributed by atoms with E-state index in [0.29, 0.717) is 44.2 Å². The number of allylic oxidation sites excluding steroid dienone is 1. The number of ether oxygens (including phenoxy) is 2. The van der Waals surface area contributed by atoms with Crippen molar-refractivity contribution in [3.63, 3.8) is 0 Å². The number of halogens is 1. The summed E-state index contributed by atoms with van der Waals surface area (Å²) < 4.78 is 12.5. The van der Waals surface area contributed by atoms with Gasteiger partial charge in [0.25, 0.3) is 5.91 Å². The van der Waals surface area contributed by atoms with Gasteiger partial charge in [0.15, 0.2) is 0 Å². The van der Waals surface area contributed by atoms with Gasteiger partial charge in [0, 0.05) is 55.4 Å². The van der Waals surface area contributed by atoms with Gasteiger partial charge in [-0.05, 0) is 77.1 Å². The lowest BCUT2D eigenvalue weighted by Crippen LogP contribution is -2.57. The second-order valence-electron chi connectivity index (χ2n) is 12.8. The number of carbonyl (C=O) groups excluding carboxylic acids is 4. The van der Waals surface area contributed by atoms with Crippen molar-refractivity contribution in [3.05, 3.63) is 49.6 Å². The zero-order valence-corrected chi connectivity index (χ0v) is 30.0. The Balaban J connectivity index is 1.64. The van der Waals surface area contributed by atoms with E-state index in [4.69, 9.17) is 9.47 Å². The molecule has 7 atom stereocenters. The first-order valence-electron chi connectivity index (χ1n) is 17.2. The van der Waals surface area contributed by atoms with E-state index >= 15 is 0 Å². The van der Waals surface area contributed by atoms with Gasteiger partial charge in [0.2, 0.25) is 11.8 Å². The molecule has 48 heavy (non-hydrogen) atoms. The first kappa shape index (κ1) is 37.6. The van der Waals surface area contributed by atoms with Crippen LogP contribution in [0.5, 0.6) is 0 Å².